The number of nitrogens with one attached hydrogen (secondary N) is 1. The Morgan fingerprint density at radius 1 is 1.22 bits per heavy atom. The summed E-state index contributed by atoms with van der Waals surface area (Å²) in [6.07, 6.45) is 4.89. The Labute approximate surface area is 137 Å². The van der Waals surface area contributed by atoms with Crippen molar-refractivity contribution >= 4 is 5.91 Å². The van der Waals surface area contributed by atoms with E-state index >= 15 is 0 Å². The number of benzene rings is 2. The van der Waals surface area contributed by atoms with Gasteiger partial charge in [0.25, 0.3) is 5.91 Å². The van der Waals surface area contributed by atoms with Gasteiger partial charge in [0.1, 0.15) is 12.4 Å². The van der Waals surface area contributed by atoms with E-state index in [1.54, 1.807) is 18.2 Å². The molecule has 2 aromatic rings. The second kappa shape index (κ2) is 7.14. The molecule has 1 amide bonds. The van der Waals surface area contributed by atoms with E-state index in [-0.39, 0.29) is 11.9 Å². The minimum Gasteiger partial charge on any atom is -0.490 e. The van der Waals surface area contributed by atoms with E-state index < -0.39 is 0 Å². The molecule has 0 unspecified atom stereocenters. The van der Waals surface area contributed by atoms with Crippen LogP contribution in [0.4, 0.5) is 0 Å². The Morgan fingerprint density at radius 2 is 2.00 bits per heavy atom. The molecule has 0 fully saturated rings. The molecule has 3 heteroatoms. The zero-order valence-electron chi connectivity index (χ0n) is 13.1. The van der Waals surface area contributed by atoms with Crippen molar-refractivity contribution < 1.29 is 9.53 Å². The summed E-state index contributed by atoms with van der Waals surface area (Å²) < 4.78 is 5.44. The standard InChI is InChI=1S/C20H21NO2/c1-2-14-23-17-12-10-16(11-13-17)20(22)21-19-9-5-7-15-6-3-4-8-18(15)19/h2-4,6,8,10-13,19H,1,5,7,9,14H2,(H,21,22)/t19-/m0/s1. The Kier molecular flexibility index (Phi) is 4.77. The number of carbonyl (C=O) groups excluding carboxylic acids is 1. The van der Waals surface area contributed by atoms with Gasteiger partial charge in [0.2, 0.25) is 0 Å². The summed E-state index contributed by atoms with van der Waals surface area (Å²) >= 11 is 0. The molecule has 118 valence electrons. The Balaban J connectivity index is 1.69. The molecule has 0 aliphatic heterocycles. The lowest BCUT2D eigenvalue weighted by molar-refractivity contribution is 0.0932. The fourth-order valence-electron chi connectivity index (χ4n) is 3.00. The molecule has 0 spiro atoms. The third-order valence-electron chi connectivity index (χ3n) is 4.16. The number of aryl methyl sites for hydroxylation is 1. The quantitative estimate of drug-likeness (QED) is 0.846. The fraction of sp³-hybridized carbons (Fsp3) is 0.250. The average Bonchev–Trinajstić information content (AvgIpc) is 2.60. The number of ether oxygens (including phenoxy) is 1. The van der Waals surface area contributed by atoms with Crippen LogP contribution in [0.15, 0.2) is 61.2 Å². The van der Waals surface area contributed by atoms with E-state index in [1.807, 2.05) is 18.2 Å². The van der Waals surface area contributed by atoms with Gasteiger partial charge in [-0.2, -0.15) is 0 Å². The molecular weight excluding hydrogens is 286 g/mol. The Bertz CT molecular complexity index is 691. The van der Waals surface area contributed by atoms with Gasteiger partial charge < -0.3 is 10.1 Å². The fourth-order valence-corrected chi connectivity index (χ4v) is 3.00. The maximum absolute atomic E-state index is 12.5. The summed E-state index contributed by atoms with van der Waals surface area (Å²) in [5, 5.41) is 3.16. The van der Waals surface area contributed by atoms with Gasteiger partial charge in [-0.15, -0.1) is 0 Å². The zero-order chi connectivity index (χ0) is 16.1. The number of fused-ring (bicyclic) bond motifs is 1. The van der Waals surface area contributed by atoms with Gasteiger partial charge in [0.05, 0.1) is 6.04 Å². The first-order chi connectivity index (χ1) is 11.3. The summed E-state index contributed by atoms with van der Waals surface area (Å²) in [7, 11) is 0. The zero-order valence-corrected chi connectivity index (χ0v) is 13.1. The van der Waals surface area contributed by atoms with Gasteiger partial charge in [0.15, 0.2) is 0 Å². The number of hydrogen-bond donors (Lipinski definition) is 1. The van der Waals surface area contributed by atoms with Gasteiger partial charge in [-0.05, 0) is 54.7 Å². The Hall–Kier alpha value is -2.55. The molecule has 3 rings (SSSR count). The second-order valence-corrected chi connectivity index (χ2v) is 5.74. The molecule has 0 bridgehead atoms. The molecule has 3 nitrogen and oxygen atoms in total. The molecule has 0 saturated carbocycles. The first-order valence-electron chi connectivity index (χ1n) is 8.00. The van der Waals surface area contributed by atoms with Crippen LogP contribution < -0.4 is 10.1 Å². The SMILES string of the molecule is C=CCOc1ccc(C(=O)N[C@H]2CCCc3ccccc32)cc1. The lowest BCUT2D eigenvalue weighted by Crippen LogP contribution is -2.30. The van der Waals surface area contributed by atoms with Crippen LogP contribution in [0.1, 0.15) is 40.4 Å². The average molecular weight is 307 g/mol. The Morgan fingerprint density at radius 3 is 2.78 bits per heavy atom. The third kappa shape index (κ3) is 3.62. The van der Waals surface area contributed by atoms with Gasteiger partial charge >= 0.3 is 0 Å². The molecule has 0 heterocycles. The highest BCUT2D eigenvalue weighted by molar-refractivity contribution is 5.94. The van der Waals surface area contributed by atoms with Gasteiger partial charge in [-0.3, -0.25) is 4.79 Å². The van der Waals surface area contributed by atoms with Crippen molar-refractivity contribution in [3.8, 4) is 5.75 Å². The molecule has 0 saturated heterocycles. The van der Waals surface area contributed by atoms with Crippen molar-refractivity contribution in [1.29, 1.82) is 0 Å². The minimum atomic E-state index is -0.0398. The smallest absolute Gasteiger partial charge is 0.251 e. The molecule has 2 aromatic carbocycles. The molecule has 0 aromatic heterocycles. The molecule has 1 aliphatic carbocycles. The number of hydrogen-bond acceptors (Lipinski definition) is 2. The van der Waals surface area contributed by atoms with E-state index in [0.29, 0.717) is 12.2 Å². The van der Waals surface area contributed by atoms with Crippen LogP contribution in [0.2, 0.25) is 0 Å². The summed E-state index contributed by atoms with van der Waals surface area (Å²) in [4.78, 5) is 12.5. The van der Waals surface area contributed by atoms with Gasteiger partial charge in [-0.25, -0.2) is 0 Å². The monoisotopic (exact) mass is 307 g/mol. The molecule has 1 N–H and O–H groups in total. The van der Waals surface area contributed by atoms with Crippen LogP contribution in [-0.4, -0.2) is 12.5 Å². The molecule has 1 atom stereocenters. The van der Waals surface area contributed by atoms with E-state index in [4.69, 9.17) is 4.74 Å². The van der Waals surface area contributed by atoms with Crippen LogP contribution in [-0.2, 0) is 6.42 Å². The van der Waals surface area contributed by atoms with Crippen LogP contribution in [0.5, 0.6) is 5.75 Å². The molecule has 23 heavy (non-hydrogen) atoms. The van der Waals surface area contributed by atoms with E-state index in [0.717, 1.165) is 25.0 Å². The van der Waals surface area contributed by atoms with Crippen molar-refractivity contribution in [1.82, 2.24) is 5.32 Å². The highest BCUT2D eigenvalue weighted by Gasteiger charge is 2.21. The van der Waals surface area contributed by atoms with Crippen molar-refractivity contribution in [3.05, 3.63) is 77.9 Å². The van der Waals surface area contributed by atoms with Crippen molar-refractivity contribution in [2.45, 2.75) is 25.3 Å². The van der Waals surface area contributed by atoms with Crippen LogP contribution >= 0.6 is 0 Å². The predicted molar refractivity (Wildman–Crippen MR) is 91.7 cm³/mol. The van der Waals surface area contributed by atoms with Crippen LogP contribution in [0.3, 0.4) is 0 Å². The molecule has 1 aliphatic rings. The lowest BCUT2D eigenvalue weighted by Gasteiger charge is -2.26. The lowest BCUT2D eigenvalue weighted by atomic mass is 9.87. The highest BCUT2D eigenvalue weighted by Crippen LogP contribution is 2.29. The second-order valence-electron chi connectivity index (χ2n) is 5.74. The van der Waals surface area contributed by atoms with Crippen molar-refractivity contribution in [3.63, 3.8) is 0 Å². The summed E-state index contributed by atoms with van der Waals surface area (Å²) in [5.74, 6) is 0.700. The highest BCUT2D eigenvalue weighted by atomic mass is 16.5. The van der Waals surface area contributed by atoms with Crippen LogP contribution in [0.25, 0.3) is 0 Å². The largest absolute Gasteiger partial charge is 0.490 e. The van der Waals surface area contributed by atoms with E-state index in [2.05, 4.69) is 30.1 Å². The maximum atomic E-state index is 12.5. The molecule has 0 radical (unpaired) electrons. The van der Waals surface area contributed by atoms with E-state index in [1.165, 1.54) is 11.1 Å². The summed E-state index contributed by atoms with van der Waals surface area (Å²) in [6.45, 7) is 4.08. The van der Waals surface area contributed by atoms with Crippen LogP contribution in [0, 0.1) is 0 Å². The van der Waals surface area contributed by atoms with Gasteiger partial charge in [0, 0.05) is 5.56 Å². The summed E-state index contributed by atoms with van der Waals surface area (Å²) in [6, 6.07) is 15.7. The van der Waals surface area contributed by atoms with Crippen molar-refractivity contribution in [2.24, 2.45) is 0 Å². The first kappa shape index (κ1) is 15.3. The normalized spacial score (nSPS) is 16.3. The summed E-state index contributed by atoms with van der Waals surface area (Å²) in [5.41, 5.74) is 3.24. The first-order valence-corrected chi connectivity index (χ1v) is 8.00. The topological polar surface area (TPSA) is 38.3 Å². The van der Waals surface area contributed by atoms with E-state index in [9.17, 15) is 4.79 Å². The van der Waals surface area contributed by atoms with Gasteiger partial charge in [-0.1, -0.05) is 36.9 Å². The van der Waals surface area contributed by atoms with Crippen molar-refractivity contribution in [2.75, 3.05) is 6.61 Å². The third-order valence-corrected chi connectivity index (χ3v) is 4.16. The predicted octanol–water partition coefficient (Wildman–Crippen LogP) is 4.06. The number of rotatable bonds is 5. The number of carbonyl (C=O) groups is 1. The number of amides is 1. The minimum absolute atomic E-state index is 0.0398. The molecular formula is C20H21NO2. The maximum Gasteiger partial charge on any atom is 0.251 e.